The van der Waals surface area contributed by atoms with Crippen molar-refractivity contribution in [1.82, 2.24) is 29.7 Å². The number of amides is 2. The summed E-state index contributed by atoms with van der Waals surface area (Å²) in [4.78, 5) is 73.7. The molecular formula is C32H49N7O16P2S2. The molecule has 3 aliphatic heterocycles. The van der Waals surface area contributed by atoms with Crippen molar-refractivity contribution in [2.75, 3.05) is 46.2 Å². The summed E-state index contributed by atoms with van der Waals surface area (Å²) in [5, 5.41) is 8.40. The lowest BCUT2D eigenvalue weighted by Crippen LogP contribution is -2.32. The number of carbonyl (C=O) groups excluding carboxylic acids is 5. The van der Waals surface area contributed by atoms with E-state index < -0.39 is 86.9 Å². The Labute approximate surface area is 349 Å². The average Bonchev–Trinajstić information content (AvgIpc) is 3.94. The number of hydrogen-bond donors (Lipinski definition) is 3. The third-order valence-electron chi connectivity index (χ3n) is 7.87. The van der Waals surface area contributed by atoms with Gasteiger partial charge >= 0.3 is 17.9 Å². The summed E-state index contributed by atoms with van der Waals surface area (Å²) in [6, 6.07) is 0. The van der Waals surface area contributed by atoms with E-state index >= 15 is 0 Å². The van der Waals surface area contributed by atoms with Crippen LogP contribution < -0.4 is 11.1 Å². The fourth-order valence-corrected chi connectivity index (χ4v) is 10.4. The zero-order valence-electron chi connectivity index (χ0n) is 33.2. The van der Waals surface area contributed by atoms with Crippen LogP contribution in [-0.2, 0) is 70.3 Å². The fourth-order valence-electron chi connectivity index (χ4n) is 5.04. The molecule has 23 nitrogen and oxygen atoms in total. The van der Waals surface area contributed by atoms with Crippen molar-refractivity contribution in [2.45, 2.75) is 89.6 Å². The largest absolute Gasteiger partial charge is 0.457 e. The van der Waals surface area contributed by atoms with Gasteiger partial charge in [0.25, 0.3) is 6.47 Å². The number of anilines is 1. The number of aliphatic hydroxyl groups is 1. The van der Waals surface area contributed by atoms with Gasteiger partial charge in [-0.15, -0.1) is 0 Å². The van der Waals surface area contributed by atoms with Crippen molar-refractivity contribution in [1.29, 1.82) is 0 Å². The number of nitrogens with zero attached hydrogens (tertiary/aromatic N) is 5. The summed E-state index contributed by atoms with van der Waals surface area (Å²) in [7, 11) is 1.82. The molecule has 3 aliphatic rings. The first kappa shape index (κ1) is 50.0. The van der Waals surface area contributed by atoms with Crippen LogP contribution in [0.25, 0.3) is 11.2 Å². The van der Waals surface area contributed by atoms with Crippen LogP contribution >= 0.6 is 37.1 Å². The van der Waals surface area contributed by atoms with Crippen molar-refractivity contribution in [3.63, 3.8) is 0 Å². The zero-order valence-corrected chi connectivity index (χ0v) is 36.6. The maximum atomic E-state index is 14.2. The molecule has 59 heavy (non-hydrogen) atoms. The standard InChI is InChI=1S/C27H35N7O14P2S2.C4H10O.CH4O/c1-15(2)44-26(38)27(39)52-49-42-8-18-17(7-22(46-18)34-11-32-23-24(28)30-10-31-25(23)34)48-50(40,51-14-41-13-36)43-9-19-16(47-49)6-21(45-19)33(12-35)5-4-20(37)29-3;1-4(2)5-3;1-2/h4-5,10-13,15-19,21-22H,6-9,14H2,1-3H3,(H,29,37)(H2,28,30,31);4H,1-3H3;2H,1H3/b5-4-;;/t16-,17-,18?,19?,21?,22?,49?,50?;;/m0../s1. The van der Waals surface area contributed by atoms with E-state index in [9.17, 15) is 28.5 Å². The van der Waals surface area contributed by atoms with Crippen molar-refractivity contribution in [3.8, 4) is 0 Å². The van der Waals surface area contributed by atoms with E-state index in [1.807, 2.05) is 13.8 Å². The zero-order chi connectivity index (χ0) is 43.7. The Bertz CT molecular complexity index is 1780. The Morgan fingerprint density at radius 2 is 1.80 bits per heavy atom. The molecule has 2 aromatic rings. The molecule has 0 aromatic carbocycles. The van der Waals surface area contributed by atoms with Crippen molar-refractivity contribution < 1.29 is 75.4 Å². The number of aliphatic hydroxyl groups excluding tert-OH is 1. The lowest BCUT2D eigenvalue weighted by molar-refractivity contribution is -0.153. The predicted octanol–water partition coefficient (Wildman–Crippen LogP) is 2.41. The number of methoxy groups -OCH3 is 1. The average molecular weight is 914 g/mol. The number of hydrogen-bond acceptors (Lipinski definition) is 22. The van der Waals surface area contributed by atoms with E-state index in [2.05, 4.69) is 20.3 Å². The number of imidazole rings is 1. The highest BCUT2D eigenvalue weighted by atomic mass is 32.7. The van der Waals surface area contributed by atoms with Gasteiger partial charge in [0.2, 0.25) is 19.9 Å². The highest BCUT2D eigenvalue weighted by molar-refractivity contribution is 8.61. The molecule has 0 saturated carbocycles. The Hall–Kier alpha value is -3.32. The fraction of sp³-hybridized carbons (Fsp3) is 0.625. The second-order valence-electron chi connectivity index (χ2n) is 12.5. The van der Waals surface area contributed by atoms with E-state index in [-0.39, 0.29) is 31.7 Å². The minimum atomic E-state index is -4.19. The van der Waals surface area contributed by atoms with Crippen LogP contribution in [-0.4, -0.2) is 143 Å². The first-order valence-electron chi connectivity index (χ1n) is 17.7. The Kier molecular flexibility index (Phi) is 21.0. The minimum absolute atomic E-state index is 0.0336. The molecule has 0 aliphatic carbocycles. The van der Waals surface area contributed by atoms with Crippen LogP contribution in [0.1, 0.15) is 46.8 Å². The molecule has 27 heteroatoms. The van der Waals surface area contributed by atoms with Gasteiger partial charge in [-0.05, 0) is 27.7 Å². The number of carbonyl (C=O) groups is 5. The number of nitrogens with two attached hydrogens (primary N) is 1. The van der Waals surface area contributed by atoms with E-state index in [1.165, 1.54) is 25.9 Å². The van der Waals surface area contributed by atoms with Gasteiger partial charge in [0, 0.05) is 69.1 Å². The third kappa shape index (κ3) is 15.0. The van der Waals surface area contributed by atoms with E-state index in [0.717, 1.165) is 18.1 Å². The topological polar surface area (TPSA) is 291 Å². The molecule has 6 unspecified atom stereocenters. The van der Waals surface area contributed by atoms with Gasteiger partial charge < -0.3 is 48.9 Å². The smallest absolute Gasteiger partial charge is 0.392 e. The van der Waals surface area contributed by atoms with Gasteiger partial charge in [0.15, 0.2) is 11.5 Å². The number of rotatable bonds is 12. The highest BCUT2D eigenvalue weighted by Gasteiger charge is 2.47. The molecular weight excluding hydrogens is 864 g/mol. The van der Waals surface area contributed by atoms with Gasteiger partial charge in [-0.1, -0.05) is 0 Å². The maximum Gasteiger partial charge on any atom is 0.392 e. The summed E-state index contributed by atoms with van der Waals surface area (Å²) >= 11 is 1.06. The molecule has 0 bridgehead atoms. The van der Waals surface area contributed by atoms with Crippen LogP contribution in [0.2, 0.25) is 0 Å². The predicted molar refractivity (Wildman–Crippen MR) is 213 cm³/mol. The molecule has 2 aromatic heterocycles. The lowest BCUT2D eigenvalue weighted by atomic mass is 10.2. The number of nitrogen functional groups attached to an aromatic ring is 1. The van der Waals surface area contributed by atoms with Crippen molar-refractivity contribution in [3.05, 3.63) is 24.9 Å². The van der Waals surface area contributed by atoms with Crippen LogP contribution in [0.3, 0.4) is 0 Å². The molecule has 5 heterocycles. The summed E-state index contributed by atoms with van der Waals surface area (Å²) in [6.45, 7) is 2.40. The lowest BCUT2D eigenvalue weighted by Gasteiger charge is -2.29. The van der Waals surface area contributed by atoms with Crippen LogP contribution in [0.15, 0.2) is 24.9 Å². The number of ether oxygens (including phenoxy) is 5. The van der Waals surface area contributed by atoms with Gasteiger partial charge in [0.05, 0.1) is 37.9 Å². The van der Waals surface area contributed by atoms with Crippen LogP contribution in [0, 0.1) is 0 Å². The van der Waals surface area contributed by atoms with Crippen molar-refractivity contribution >= 4 is 84.0 Å². The second kappa shape index (κ2) is 24.8. The third-order valence-corrected chi connectivity index (χ3v) is 14.1. The second-order valence-corrected chi connectivity index (χ2v) is 19.4. The van der Waals surface area contributed by atoms with Gasteiger partial charge in [-0.3, -0.25) is 37.7 Å². The molecule has 0 radical (unpaired) electrons. The Morgan fingerprint density at radius 1 is 1.08 bits per heavy atom. The Morgan fingerprint density at radius 3 is 2.44 bits per heavy atom. The highest BCUT2D eigenvalue weighted by Crippen LogP contribution is 2.64. The Balaban J connectivity index is 0.00000123. The maximum absolute atomic E-state index is 14.2. The van der Waals surface area contributed by atoms with Crippen molar-refractivity contribution in [2.24, 2.45) is 0 Å². The molecule has 330 valence electrons. The van der Waals surface area contributed by atoms with E-state index in [4.69, 9.17) is 52.6 Å². The molecule has 3 fully saturated rings. The monoisotopic (exact) mass is 913 g/mol. The SMILES string of the molecule is CNC(=O)/C=C\N(C=O)C1C[C@@H]2OP(SC(=O)C(=O)OC(C)C)OCC3OC(n4cnc5c(N)ncnc54)C[C@@H]3OP(=O)(SCOC=O)OCC2O1.CO.COC(C)C. The number of likely N-dealkylation sites (N-methyl/N-ethyl adjacent to an activating group) is 1. The molecule has 0 spiro atoms. The normalized spacial score (nSPS) is 26.8. The molecule has 4 N–H and O–H groups in total. The van der Waals surface area contributed by atoms with E-state index in [0.29, 0.717) is 46.4 Å². The van der Waals surface area contributed by atoms with Crippen LogP contribution in [0.4, 0.5) is 5.82 Å². The summed E-state index contributed by atoms with van der Waals surface area (Å²) in [6.07, 6.45) is -0.513. The molecule has 5 rings (SSSR count). The van der Waals surface area contributed by atoms with Gasteiger partial charge in [-0.25, -0.2) is 24.3 Å². The summed E-state index contributed by atoms with van der Waals surface area (Å²) < 4.78 is 67.1. The number of nitrogens with one attached hydrogen (secondary N) is 1. The minimum Gasteiger partial charge on any atom is -0.457 e. The van der Waals surface area contributed by atoms with Gasteiger partial charge in [0.1, 0.15) is 48.6 Å². The number of esters is 1. The molecule has 8 atom stereocenters. The summed E-state index contributed by atoms with van der Waals surface area (Å²) in [5.41, 5.74) is 6.64. The number of aromatic nitrogens is 4. The first-order valence-corrected chi connectivity index (χ1v) is 23.4. The quantitative estimate of drug-likeness (QED) is 0.0524. The van der Waals surface area contributed by atoms with E-state index in [1.54, 1.807) is 25.5 Å². The summed E-state index contributed by atoms with van der Waals surface area (Å²) in [5.74, 6) is -1.85. The van der Waals surface area contributed by atoms with Crippen LogP contribution in [0.5, 0.6) is 0 Å². The van der Waals surface area contributed by atoms with Gasteiger partial charge in [-0.2, -0.15) is 0 Å². The molecule has 2 amide bonds. The number of fused-ring (bicyclic) bond motifs is 3. The first-order chi connectivity index (χ1) is 28.2. The molecule has 3 saturated heterocycles.